The first kappa shape index (κ1) is 22.3. The molecule has 7 nitrogen and oxygen atoms in total. The molecule has 0 atom stereocenters. The largest absolute Gasteiger partial charge is 0.465 e. The van der Waals surface area contributed by atoms with Gasteiger partial charge in [-0.05, 0) is 49.0 Å². The standard InChI is InChI=1S/C20H22ClN3O4S2/c1-12-15(18(25)27-2)17(30-16(12)19(26)28-3)22-20(29)24-10-8-23(9-11-24)14-6-4-13(21)5-7-14/h4-7H,8-11H2,1-3H3,(H,22,29). The summed E-state index contributed by atoms with van der Waals surface area (Å²) in [6.07, 6.45) is 0. The molecule has 1 aromatic carbocycles. The molecule has 1 aromatic heterocycles. The summed E-state index contributed by atoms with van der Waals surface area (Å²) in [6, 6.07) is 7.75. The number of methoxy groups -OCH3 is 2. The predicted molar refractivity (Wildman–Crippen MR) is 123 cm³/mol. The second-order valence-electron chi connectivity index (χ2n) is 6.62. The van der Waals surface area contributed by atoms with Crippen molar-refractivity contribution in [1.29, 1.82) is 0 Å². The second-order valence-corrected chi connectivity index (χ2v) is 8.47. The number of carbonyl (C=O) groups is 2. The van der Waals surface area contributed by atoms with E-state index in [9.17, 15) is 9.59 Å². The molecule has 1 N–H and O–H groups in total. The van der Waals surface area contributed by atoms with Crippen LogP contribution in [0.15, 0.2) is 24.3 Å². The van der Waals surface area contributed by atoms with Gasteiger partial charge >= 0.3 is 11.9 Å². The van der Waals surface area contributed by atoms with Crippen molar-refractivity contribution in [1.82, 2.24) is 4.90 Å². The second kappa shape index (κ2) is 9.63. The van der Waals surface area contributed by atoms with E-state index < -0.39 is 11.9 Å². The van der Waals surface area contributed by atoms with Crippen LogP contribution in [0.5, 0.6) is 0 Å². The number of thiocarbonyl (C=S) groups is 1. The minimum Gasteiger partial charge on any atom is -0.465 e. The third-order valence-corrected chi connectivity index (χ3v) is 6.69. The van der Waals surface area contributed by atoms with Crippen LogP contribution in [0.3, 0.4) is 0 Å². The number of carbonyl (C=O) groups excluding carboxylic acids is 2. The van der Waals surface area contributed by atoms with Crippen molar-refractivity contribution in [2.45, 2.75) is 6.92 Å². The van der Waals surface area contributed by atoms with Gasteiger partial charge in [-0.1, -0.05) is 11.6 Å². The summed E-state index contributed by atoms with van der Waals surface area (Å²) in [6.45, 7) is 4.72. The van der Waals surface area contributed by atoms with Gasteiger partial charge in [-0.15, -0.1) is 11.3 Å². The molecule has 0 bridgehead atoms. The zero-order valence-electron chi connectivity index (χ0n) is 16.9. The number of hydrogen-bond donors (Lipinski definition) is 1. The number of benzene rings is 1. The average Bonchev–Trinajstić information content (AvgIpc) is 3.09. The van der Waals surface area contributed by atoms with Gasteiger partial charge in [0.1, 0.15) is 9.88 Å². The molecule has 0 aliphatic carbocycles. The van der Waals surface area contributed by atoms with E-state index in [2.05, 4.69) is 10.2 Å². The summed E-state index contributed by atoms with van der Waals surface area (Å²) in [5.41, 5.74) is 1.92. The zero-order valence-corrected chi connectivity index (χ0v) is 19.2. The Balaban J connectivity index is 1.71. The molecule has 1 saturated heterocycles. The van der Waals surface area contributed by atoms with E-state index >= 15 is 0 Å². The van der Waals surface area contributed by atoms with Gasteiger partial charge in [0.2, 0.25) is 0 Å². The van der Waals surface area contributed by atoms with Gasteiger partial charge in [-0.25, -0.2) is 9.59 Å². The lowest BCUT2D eigenvalue weighted by Crippen LogP contribution is -2.50. The van der Waals surface area contributed by atoms with Crippen LogP contribution in [0.25, 0.3) is 0 Å². The van der Waals surface area contributed by atoms with Crippen molar-refractivity contribution < 1.29 is 19.1 Å². The van der Waals surface area contributed by atoms with E-state index in [4.69, 9.17) is 33.3 Å². The lowest BCUT2D eigenvalue weighted by molar-refractivity contribution is 0.0601. The van der Waals surface area contributed by atoms with Crippen molar-refractivity contribution >= 4 is 62.9 Å². The number of hydrogen-bond acceptors (Lipinski definition) is 7. The lowest BCUT2D eigenvalue weighted by atomic mass is 10.1. The number of halogens is 1. The number of nitrogens with zero attached hydrogens (tertiary/aromatic N) is 2. The predicted octanol–water partition coefficient (Wildman–Crippen LogP) is 3.80. The number of rotatable bonds is 4. The van der Waals surface area contributed by atoms with E-state index in [1.807, 2.05) is 29.2 Å². The number of anilines is 2. The Bertz CT molecular complexity index is 954. The summed E-state index contributed by atoms with van der Waals surface area (Å²) in [4.78, 5) is 29.0. The molecule has 0 amide bonds. The maximum Gasteiger partial charge on any atom is 0.348 e. The Morgan fingerprint density at radius 1 is 1.07 bits per heavy atom. The topological polar surface area (TPSA) is 71.1 Å². The maximum atomic E-state index is 12.3. The summed E-state index contributed by atoms with van der Waals surface area (Å²) in [7, 11) is 2.60. The van der Waals surface area contributed by atoms with Crippen LogP contribution in [-0.4, -0.2) is 62.3 Å². The van der Waals surface area contributed by atoms with Crippen LogP contribution < -0.4 is 10.2 Å². The highest BCUT2D eigenvalue weighted by Crippen LogP contribution is 2.34. The Morgan fingerprint density at radius 2 is 1.67 bits per heavy atom. The van der Waals surface area contributed by atoms with Gasteiger partial charge in [-0.3, -0.25) is 0 Å². The van der Waals surface area contributed by atoms with Crippen LogP contribution in [0.2, 0.25) is 5.02 Å². The van der Waals surface area contributed by atoms with Gasteiger partial charge < -0.3 is 24.6 Å². The van der Waals surface area contributed by atoms with Crippen LogP contribution in [-0.2, 0) is 9.47 Å². The molecule has 0 radical (unpaired) electrons. The minimum atomic E-state index is -0.531. The van der Waals surface area contributed by atoms with E-state index in [-0.39, 0.29) is 0 Å². The Labute approximate surface area is 189 Å². The molecular formula is C20H22ClN3O4S2. The van der Waals surface area contributed by atoms with Gasteiger partial charge in [0.25, 0.3) is 0 Å². The molecule has 0 saturated carbocycles. The molecule has 10 heteroatoms. The van der Waals surface area contributed by atoms with E-state index in [0.717, 1.165) is 43.2 Å². The average molecular weight is 468 g/mol. The lowest BCUT2D eigenvalue weighted by Gasteiger charge is -2.37. The fourth-order valence-corrected chi connectivity index (χ4v) is 4.82. The zero-order chi connectivity index (χ0) is 21.8. The van der Waals surface area contributed by atoms with Crippen molar-refractivity contribution in [2.24, 2.45) is 0 Å². The maximum absolute atomic E-state index is 12.3. The number of ether oxygens (including phenoxy) is 2. The molecule has 160 valence electrons. The number of nitrogens with one attached hydrogen (secondary N) is 1. The van der Waals surface area contributed by atoms with Crippen molar-refractivity contribution in [3.63, 3.8) is 0 Å². The van der Waals surface area contributed by atoms with E-state index in [1.165, 1.54) is 14.2 Å². The molecule has 1 aliphatic heterocycles. The third-order valence-electron chi connectivity index (χ3n) is 4.89. The van der Waals surface area contributed by atoms with E-state index in [1.54, 1.807) is 6.92 Å². The Hall–Kier alpha value is -2.36. The quantitative estimate of drug-likeness (QED) is 0.537. The highest BCUT2D eigenvalue weighted by atomic mass is 35.5. The van der Waals surface area contributed by atoms with Gasteiger partial charge in [-0.2, -0.15) is 0 Å². The summed E-state index contributed by atoms with van der Waals surface area (Å²) < 4.78 is 9.70. The summed E-state index contributed by atoms with van der Waals surface area (Å²) >= 11 is 12.7. The summed E-state index contributed by atoms with van der Waals surface area (Å²) in [5, 5.41) is 4.81. The number of thiophene rings is 1. The molecule has 2 heterocycles. The third kappa shape index (κ3) is 4.69. The first-order chi connectivity index (χ1) is 14.3. The Morgan fingerprint density at radius 3 is 2.23 bits per heavy atom. The fraction of sp³-hybridized carbons (Fsp3) is 0.350. The normalized spacial score (nSPS) is 13.7. The first-order valence-corrected chi connectivity index (χ1v) is 10.8. The molecule has 0 unspecified atom stereocenters. The highest BCUT2D eigenvalue weighted by molar-refractivity contribution is 7.80. The van der Waals surface area contributed by atoms with Gasteiger partial charge in [0.05, 0.1) is 19.8 Å². The SMILES string of the molecule is COC(=O)c1sc(NC(=S)N2CCN(c3ccc(Cl)cc3)CC2)c(C(=O)OC)c1C. The van der Waals surface area contributed by atoms with Crippen LogP contribution in [0, 0.1) is 6.92 Å². The van der Waals surface area contributed by atoms with Crippen molar-refractivity contribution in [3.8, 4) is 0 Å². The molecule has 1 fully saturated rings. The highest BCUT2D eigenvalue weighted by Gasteiger charge is 2.27. The number of piperazine rings is 1. The van der Waals surface area contributed by atoms with Gasteiger partial charge in [0.15, 0.2) is 5.11 Å². The molecule has 0 spiro atoms. The van der Waals surface area contributed by atoms with Crippen LogP contribution >= 0.6 is 35.2 Å². The fourth-order valence-electron chi connectivity index (χ4n) is 3.23. The molecule has 1 aliphatic rings. The smallest absolute Gasteiger partial charge is 0.348 e. The monoisotopic (exact) mass is 467 g/mol. The van der Waals surface area contributed by atoms with Crippen LogP contribution in [0.4, 0.5) is 10.7 Å². The summed E-state index contributed by atoms with van der Waals surface area (Å²) in [5.74, 6) is -1.03. The molecular weight excluding hydrogens is 446 g/mol. The van der Waals surface area contributed by atoms with E-state index in [0.29, 0.717) is 31.1 Å². The number of esters is 2. The molecule has 3 rings (SSSR count). The minimum absolute atomic E-state index is 0.296. The van der Waals surface area contributed by atoms with Crippen molar-refractivity contribution in [3.05, 3.63) is 45.3 Å². The van der Waals surface area contributed by atoms with Gasteiger partial charge in [0, 0.05) is 36.9 Å². The first-order valence-electron chi connectivity index (χ1n) is 9.22. The van der Waals surface area contributed by atoms with Crippen molar-refractivity contribution in [2.75, 3.05) is 50.6 Å². The molecule has 30 heavy (non-hydrogen) atoms. The Kier molecular flexibility index (Phi) is 7.17. The van der Waals surface area contributed by atoms with Crippen LogP contribution in [0.1, 0.15) is 25.6 Å². The molecule has 2 aromatic rings.